The van der Waals surface area contributed by atoms with Crippen LogP contribution in [0, 0.1) is 5.41 Å². The summed E-state index contributed by atoms with van der Waals surface area (Å²) in [5.74, 6) is 0. The lowest BCUT2D eigenvalue weighted by molar-refractivity contribution is -0.182. The van der Waals surface area contributed by atoms with E-state index >= 15 is 0 Å². The lowest BCUT2D eigenvalue weighted by Gasteiger charge is -2.60. The van der Waals surface area contributed by atoms with E-state index in [0.29, 0.717) is 12.1 Å². The summed E-state index contributed by atoms with van der Waals surface area (Å²) < 4.78 is 5.73. The number of piperidine rings is 1. The topological polar surface area (TPSA) is 44.7 Å². The highest BCUT2D eigenvalue weighted by Gasteiger charge is 2.57. The summed E-state index contributed by atoms with van der Waals surface area (Å²) in [5, 5.41) is 13.4. The normalized spacial score (nSPS) is 30.8. The van der Waals surface area contributed by atoms with E-state index in [0.717, 1.165) is 32.4 Å². The molecule has 1 aliphatic carbocycles. The predicted molar refractivity (Wildman–Crippen MR) is 103 cm³/mol. The summed E-state index contributed by atoms with van der Waals surface area (Å²) in [7, 11) is 1.82. The standard InChI is InChI=1S/C21H34N2O2/c1-15(22-19-14-21(4,25-5)20(19,2)3)16-6-8-17(9-7-16)23-12-10-18(24)11-13-23/h6-9,15,18-19,22,24H,10-14H2,1-5H3. The number of nitrogens with one attached hydrogen (secondary N) is 1. The summed E-state index contributed by atoms with van der Waals surface area (Å²) >= 11 is 0. The summed E-state index contributed by atoms with van der Waals surface area (Å²) in [6, 6.07) is 9.70. The first kappa shape index (κ1) is 18.7. The van der Waals surface area contributed by atoms with Crippen molar-refractivity contribution in [1.29, 1.82) is 0 Å². The second-order valence-corrected chi connectivity index (χ2v) is 8.61. The van der Waals surface area contributed by atoms with E-state index < -0.39 is 0 Å². The average Bonchev–Trinajstić information content (AvgIpc) is 2.61. The van der Waals surface area contributed by atoms with Gasteiger partial charge in [0.1, 0.15) is 0 Å². The Hall–Kier alpha value is -1.10. The highest BCUT2D eigenvalue weighted by molar-refractivity contribution is 5.48. The number of hydrogen-bond acceptors (Lipinski definition) is 4. The summed E-state index contributed by atoms with van der Waals surface area (Å²) in [5.41, 5.74) is 2.68. The Kier molecular flexibility index (Phi) is 5.16. The fourth-order valence-corrected chi connectivity index (χ4v) is 4.25. The minimum Gasteiger partial charge on any atom is -0.393 e. The van der Waals surface area contributed by atoms with Gasteiger partial charge in [-0.3, -0.25) is 0 Å². The first-order valence-corrected chi connectivity index (χ1v) is 9.61. The molecular weight excluding hydrogens is 312 g/mol. The van der Waals surface area contributed by atoms with Gasteiger partial charge < -0.3 is 20.1 Å². The summed E-state index contributed by atoms with van der Waals surface area (Å²) in [6.07, 6.45) is 2.67. The van der Waals surface area contributed by atoms with E-state index in [1.54, 1.807) is 0 Å². The van der Waals surface area contributed by atoms with Gasteiger partial charge in [-0.25, -0.2) is 0 Å². The second kappa shape index (κ2) is 6.90. The van der Waals surface area contributed by atoms with Crippen molar-refractivity contribution in [2.75, 3.05) is 25.1 Å². The maximum Gasteiger partial charge on any atom is 0.0731 e. The molecule has 25 heavy (non-hydrogen) atoms. The quantitative estimate of drug-likeness (QED) is 0.856. The molecule has 1 saturated heterocycles. The zero-order chi connectivity index (χ0) is 18.2. The number of aliphatic hydroxyl groups excluding tert-OH is 1. The van der Waals surface area contributed by atoms with Crippen molar-refractivity contribution in [3.05, 3.63) is 29.8 Å². The molecule has 3 atom stereocenters. The molecule has 0 radical (unpaired) electrons. The van der Waals surface area contributed by atoms with Crippen molar-refractivity contribution in [1.82, 2.24) is 5.32 Å². The monoisotopic (exact) mass is 346 g/mol. The maximum absolute atomic E-state index is 9.66. The fraction of sp³-hybridized carbons (Fsp3) is 0.714. The number of hydrogen-bond donors (Lipinski definition) is 2. The van der Waals surface area contributed by atoms with E-state index in [4.69, 9.17) is 4.74 Å². The van der Waals surface area contributed by atoms with Gasteiger partial charge in [0.2, 0.25) is 0 Å². The number of rotatable bonds is 5. The zero-order valence-electron chi connectivity index (χ0n) is 16.4. The van der Waals surface area contributed by atoms with Gasteiger partial charge in [0.25, 0.3) is 0 Å². The predicted octanol–water partition coefficient (Wildman–Crippen LogP) is 3.50. The van der Waals surface area contributed by atoms with Gasteiger partial charge in [0.15, 0.2) is 0 Å². The molecule has 2 fully saturated rings. The van der Waals surface area contributed by atoms with E-state index in [9.17, 15) is 5.11 Å². The maximum atomic E-state index is 9.66. The van der Waals surface area contributed by atoms with Crippen molar-refractivity contribution in [3.63, 3.8) is 0 Å². The number of anilines is 1. The first-order chi connectivity index (χ1) is 11.8. The molecule has 3 rings (SSSR count). The lowest BCUT2D eigenvalue weighted by Crippen LogP contribution is -2.68. The molecule has 4 heteroatoms. The Morgan fingerprint density at radius 1 is 1.16 bits per heavy atom. The van der Waals surface area contributed by atoms with Crippen LogP contribution in [0.25, 0.3) is 0 Å². The van der Waals surface area contributed by atoms with Crippen LogP contribution < -0.4 is 10.2 Å². The summed E-state index contributed by atoms with van der Waals surface area (Å²) in [6.45, 7) is 10.9. The van der Waals surface area contributed by atoms with E-state index in [-0.39, 0.29) is 17.1 Å². The Balaban J connectivity index is 1.59. The van der Waals surface area contributed by atoms with E-state index in [2.05, 4.69) is 62.2 Å². The van der Waals surface area contributed by atoms with Gasteiger partial charge in [-0.05, 0) is 50.8 Å². The number of benzene rings is 1. The van der Waals surface area contributed by atoms with Crippen LogP contribution in [0.15, 0.2) is 24.3 Å². The van der Waals surface area contributed by atoms with Gasteiger partial charge in [-0.15, -0.1) is 0 Å². The molecule has 1 saturated carbocycles. The minimum absolute atomic E-state index is 0.0347. The average molecular weight is 347 g/mol. The number of nitrogens with zero attached hydrogens (tertiary/aromatic N) is 1. The fourth-order valence-electron chi connectivity index (χ4n) is 4.25. The molecule has 1 aromatic rings. The summed E-state index contributed by atoms with van der Waals surface area (Å²) in [4.78, 5) is 2.37. The number of methoxy groups -OCH3 is 1. The molecular formula is C21H34N2O2. The highest BCUT2D eigenvalue weighted by Crippen LogP contribution is 2.52. The van der Waals surface area contributed by atoms with Crippen LogP contribution in [0.1, 0.15) is 58.6 Å². The van der Waals surface area contributed by atoms with Crippen LogP contribution in [0.4, 0.5) is 5.69 Å². The Labute approximate surface area is 152 Å². The van der Waals surface area contributed by atoms with Crippen molar-refractivity contribution < 1.29 is 9.84 Å². The third-order valence-corrected chi connectivity index (χ3v) is 6.95. The van der Waals surface area contributed by atoms with Crippen molar-refractivity contribution in [2.45, 2.75) is 70.7 Å². The molecule has 2 aliphatic rings. The Morgan fingerprint density at radius 2 is 1.76 bits per heavy atom. The van der Waals surface area contributed by atoms with Crippen LogP contribution in [0.2, 0.25) is 0 Å². The van der Waals surface area contributed by atoms with Gasteiger partial charge >= 0.3 is 0 Å². The molecule has 0 bridgehead atoms. The molecule has 4 nitrogen and oxygen atoms in total. The smallest absolute Gasteiger partial charge is 0.0731 e. The van der Waals surface area contributed by atoms with Crippen LogP contribution in [-0.2, 0) is 4.74 Å². The molecule has 1 aromatic carbocycles. The van der Waals surface area contributed by atoms with Gasteiger partial charge in [0, 0.05) is 43.4 Å². The molecule has 3 unspecified atom stereocenters. The molecule has 1 aliphatic heterocycles. The van der Waals surface area contributed by atoms with Crippen molar-refractivity contribution >= 4 is 5.69 Å². The van der Waals surface area contributed by atoms with E-state index in [1.807, 2.05) is 7.11 Å². The molecule has 0 aromatic heterocycles. The van der Waals surface area contributed by atoms with Crippen LogP contribution in [-0.4, -0.2) is 43.1 Å². The van der Waals surface area contributed by atoms with Crippen molar-refractivity contribution in [2.24, 2.45) is 5.41 Å². The van der Waals surface area contributed by atoms with Gasteiger partial charge in [-0.2, -0.15) is 0 Å². The van der Waals surface area contributed by atoms with Gasteiger partial charge in [0.05, 0.1) is 11.7 Å². The van der Waals surface area contributed by atoms with E-state index in [1.165, 1.54) is 11.3 Å². The van der Waals surface area contributed by atoms with Crippen LogP contribution in [0.5, 0.6) is 0 Å². The third kappa shape index (κ3) is 3.44. The number of ether oxygens (including phenoxy) is 1. The molecule has 0 amide bonds. The third-order valence-electron chi connectivity index (χ3n) is 6.95. The molecule has 1 heterocycles. The second-order valence-electron chi connectivity index (χ2n) is 8.61. The Morgan fingerprint density at radius 3 is 2.28 bits per heavy atom. The Bertz CT molecular complexity index is 578. The molecule has 2 N–H and O–H groups in total. The SMILES string of the molecule is COC1(C)CC(NC(C)c2ccc(N3CCC(O)CC3)cc2)C1(C)C. The van der Waals surface area contributed by atoms with Gasteiger partial charge in [-0.1, -0.05) is 26.0 Å². The number of aliphatic hydroxyl groups is 1. The van der Waals surface area contributed by atoms with Crippen LogP contribution in [0.3, 0.4) is 0 Å². The van der Waals surface area contributed by atoms with Crippen molar-refractivity contribution in [3.8, 4) is 0 Å². The van der Waals surface area contributed by atoms with Crippen LogP contribution >= 0.6 is 0 Å². The molecule has 0 spiro atoms. The zero-order valence-corrected chi connectivity index (χ0v) is 16.4. The minimum atomic E-state index is -0.122. The first-order valence-electron chi connectivity index (χ1n) is 9.61. The largest absolute Gasteiger partial charge is 0.393 e. The highest BCUT2D eigenvalue weighted by atomic mass is 16.5. The lowest BCUT2D eigenvalue weighted by atomic mass is 9.55. The molecule has 140 valence electrons.